The molecule has 21 heavy (non-hydrogen) atoms. The van der Waals surface area contributed by atoms with Gasteiger partial charge in [0, 0.05) is 21.0 Å². The lowest BCUT2D eigenvalue weighted by Gasteiger charge is -2.41. The molecule has 9 heteroatoms. The van der Waals surface area contributed by atoms with Crippen molar-refractivity contribution in [1.29, 1.82) is 0 Å². The average Bonchev–Trinajstić information content (AvgIpc) is 2.41. The molecule has 5 atom stereocenters. The maximum atomic E-state index is 11.7. The average molecular weight is 306 g/mol. The first-order chi connectivity index (χ1) is 9.81. The lowest BCUT2D eigenvalue weighted by molar-refractivity contribution is -0.293. The van der Waals surface area contributed by atoms with Gasteiger partial charge in [-0.3, -0.25) is 9.59 Å². The van der Waals surface area contributed by atoms with Crippen molar-refractivity contribution in [2.45, 2.75) is 44.6 Å². The van der Waals surface area contributed by atoms with Crippen LogP contribution in [0.25, 0.3) is 0 Å². The monoisotopic (exact) mass is 306 g/mol. The highest BCUT2D eigenvalue weighted by Crippen LogP contribution is 2.27. The van der Waals surface area contributed by atoms with Crippen LogP contribution in [0, 0.1) is 0 Å². The van der Waals surface area contributed by atoms with Crippen LogP contribution in [0.15, 0.2) is 0 Å². The fourth-order valence-corrected chi connectivity index (χ4v) is 1.96. The Morgan fingerprint density at radius 1 is 1.00 bits per heavy atom. The summed E-state index contributed by atoms with van der Waals surface area (Å²) in [7, 11) is 2.36. The third kappa shape index (κ3) is 4.13. The highest BCUT2D eigenvalue weighted by atomic mass is 16.7. The van der Waals surface area contributed by atoms with Crippen LogP contribution in [0.3, 0.4) is 0 Å². The minimum atomic E-state index is -1.51. The zero-order chi connectivity index (χ0) is 16.2. The highest BCUT2D eigenvalue weighted by Gasteiger charge is 2.52. The fraction of sp³-hybridized carbons (Fsp3) is 0.750. The highest BCUT2D eigenvalue weighted by molar-refractivity contribution is 5.76. The predicted octanol–water partition coefficient (Wildman–Crippen LogP) is -1.24. The van der Waals surface area contributed by atoms with Crippen LogP contribution in [-0.2, 0) is 38.1 Å². The molecule has 1 heterocycles. The van der Waals surface area contributed by atoms with Crippen LogP contribution >= 0.6 is 0 Å². The van der Waals surface area contributed by atoms with E-state index in [4.69, 9.17) is 18.9 Å². The van der Waals surface area contributed by atoms with Gasteiger partial charge < -0.3 is 28.8 Å². The molecule has 1 aliphatic rings. The van der Waals surface area contributed by atoms with Gasteiger partial charge in [-0.15, -0.1) is 0 Å². The number of aliphatic hydroxyl groups is 1. The fourth-order valence-electron chi connectivity index (χ4n) is 1.96. The number of esters is 3. The van der Waals surface area contributed by atoms with Crippen molar-refractivity contribution in [3.63, 3.8) is 0 Å². The molecule has 0 unspecified atom stereocenters. The van der Waals surface area contributed by atoms with Crippen molar-refractivity contribution >= 4 is 17.9 Å². The number of methoxy groups -OCH3 is 2. The Kier molecular flexibility index (Phi) is 6.06. The van der Waals surface area contributed by atoms with Gasteiger partial charge in [0.15, 0.2) is 24.6 Å². The van der Waals surface area contributed by atoms with Gasteiger partial charge in [-0.25, -0.2) is 4.79 Å². The number of ether oxygens (including phenoxy) is 5. The Labute approximate surface area is 121 Å². The molecule has 0 spiro atoms. The van der Waals surface area contributed by atoms with E-state index < -0.39 is 48.6 Å². The van der Waals surface area contributed by atoms with Crippen LogP contribution in [-0.4, -0.2) is 67.9 Å². The minimum Gasteiger partial charge on any atom is -0.467 e. The predicted molar refractivity (Wildman–Crippen MR) is 64.8 cm³/mol. The summed E-state index contributed by atoms with van der Waals surface area (Å²) in [5.41, 5.74) is 0. The van der Waals surface area contributed by atoms with E-state index in [0.29, 0.717) is 0 Å². The number of carbonyl (C=O) groups is 3. The van der Waals surface area contributed by atoms with Gasteiger partial charge >= 0.3 is 17.9 Å². The first kappa shape index (κ1) is 17.3. The first-order valence-electron chi connectivity index (χ1n) is 6.10. The Bertz CT molecular complexity index is 408. The Morgan fingerprint density at radius 2 is 1.52 bits per heavy atom. The van der Waals surface area contributed by atoms with E-state index in [-0.39, 0.29) is 0 Å². The molecule has 1 N–H and O–H groups in total. The molecule has 0 aliphatic carbocycles. The van der Waals surface area contributed by atoms with Crippen LogP contribution in [0.2, 0.25) is 0 Å². The maximum absolute atomic E-state index is 11.7. The molecule has 1 rings (SSSR count). The second-order valence-corrected chi connectivity index (χ2v) is 4.32. The molecule has 9 nitrogen and oxygen atoms in total. The molecule has 120 valence electrons. The molecule has 0 saturated carbocycles. The van der Waals surface area contributed by atoms with Gasteiger partial charge in [-0.05, 0) is 0 Å². The van der Waals surface area contributed by atoms with Crippen LogP contribution in [0.4, 0.5) is 0 Å². The van der Waals surface area contributed by atoms with Crippen LogP contribution in [0.5, 0.6) is 0 Å². The summed E-state index contributed by atoms with van der Waals surface area (Å²) in [6.45, 7) is 2.23. The molecule has 0 aromatic rings. The van der Waals surface area contributed by atoms with Gasteiger partial charge in [0.25, 0.3) is 0 Å². The van der Waals surface area contributed by atoms with Crippen LogP contribution < -0.4 is 0 Å². The minimum absolute atomic E-state index is 0.692. The van der Waals surface area contributed by atoms with Crippen molar-refractivity contribution < 1.29 is 43.2 Å². The van der Waals surface area contributed by atoms with Crippen molar-refractivity contribution in [2.24, 2.45) is 0 Å². The molecule has 0 bridgehead atoms. The Hall–Kier alpha value is -1.71. The summed E-state index contributed by atoms with van der Waals surface area (Å²) in [6, 6.07) is 0. The zero-order valence-corrected chi connectivity index (χ0v) is 12.1. The molecule has 0 aromatic carbocycles. The first-order valence-corrected chi connectivity index (χ1v) is 6.10. The van der Waals surface area contributed by atoms with E-state index in [1.165, 1.54) is 7.11 Å². The summed E-state index contributed by atoms with van der Waals surface area (Å²) >= 11 is 0. The summed E-state index contributed by atoms with van der Waals surface area (Å²) in [5, 5.41) is 10.2. The van der Waals surface area contributed by atoms with Crippen molar-refractivity contribution in [2.75, 3.05) is 14.2 Å². The number of rotatable bonds is 4. The maximum Gasteiger partial charge on any atom is 0.339 e. The molecular weight excluding hydrogens is 288 g/mol. The van der Waals surface area contributed by atoms with Gasteiger partial charge in [0.2, 0.25) is 0 Å². The Morgan fingerprint density at radius 3 is 1.95 bits per heavy atom. The second-order valence-electron chi connectivity index (χ2n) is 4.32. The second kappa shape index (κ2) is 7.34. The number of carbonyl (C=O) groups excluding carboxylic acids is 3. The number of hydrogen-bond donors (Lipinski definition) is 1. The normalized spacial score (nSPS) is 32.1. The van der Waals surface area contributed by atoms with E-state index in [0.717, 1.165) is 21.0 Å². The molecule has 1 fully saturated rings. The smallest absolute Gasteiger partial charge is 0.339 e. The van der Waals surface area contributed by atoms with Crippen molar-refractivity contribution in [1.82, 2.24) is 0 Å². The van der Waals surface area contributed by atoms with Gasteiger partial charge in [-0.2, -0.15) is 0 Å². The summed E-state index contributed by atoms with van der Waals surface area (Å²) in [4.78, 5) is 33.9. The lowest BCUT2D eigenvalue weighted by atomic mass is 9.98. The zero-order valence-electron chi connectivity index (χ0n) is 12.1. The van der Waals surface area contributed by atoms with Gasteiger partial charge in [-0.1, -0.05) is 0 Å². The third-order valence-corrected chi connectivity index (χ3v) is 2.79. The standard InChI is InChI=1S/C12H18O9/c1-5(13)19-8-7(15)9(20-6(2)14)12(18-4)21-10(8)11(16)17-3/h7-10,12,15H,1-4H3/t7-,8+,9+,10-,12+/m0/s1. The SMILES string of the molecule is COC(=O)[C@H]1O[C@@H](OC)[C@H](OC(C)=O)[C@@H](O)[C@H]1OC(C)=O. The molecular formula is C12H18O9. The topological polar surface area (TPSA) is 118 Å². The van der Waals surface area contributed by atoms with E-state index in [1.54, 1.807) is 0 Å². The molecule has 0 aromatic heterocycles. The molecule has 0 radical (unpaired) electrons. The van der Waals surface area contributed by atoms with Crippen molar-refractivity contribution in [3.05, 3.63) is 0 Å². The van der Waals surface area contributed by atoms with Crippen molar-refractivity contribution in [3.8, 4) is 0 Å². The molecule has 1 aliphatic heterocycles. The third-order valence-electron chi connectivity index (χ3n) is 2.79. The number of hydrogen-bond acceptors (Lipinski definition) is 9. The van der Waals surface area contributed by atoms with E-state index in [2.05, 4.69) is 4.74 Å². The summed E-state index contributed by atoms with van der Waals surface area (Å²) in [5.74, 6) is -2.29. The van der Waals surface area contributed by atoms with Crippen LogP contribution in [0.1, 0.15) is 13.8 Å². The summed E-state index contributed by atoms with van der Waals surface area (Å²) in [6.07, 6.45) is -6.76. The van der Waals surface area contributed by atoms with E-state index in [1.807, 2.05) is 0 Å². The molecule has 1 saturated heterocycles. The van der Waals surface area contributed by atoms with E-state index in [9.17, 15) is 19.5 Å². The Balaban J connectivity index is 3.05. The lowest BCUT2D eigenvalue weighted by Crippen LogP contribution is -2.62. The number of aliphatic hydroxyl groups excluding tert-OH is 1. The van der Waals surface area contributed by atoms with E-state index >= 15 is 0 Å². The quantitative estimate of drug-likeness (QED) is 0.502. The van der Waals surface area contributed by atoms with Gasteiger partial charge in [0.1, 0.15) is 6.10 Å². The molecule has 0 amide bonds. The summed E-state index contributed by atoms with van der Waals surface area (Å²) < 4.78 is 24.5. The van der Waals surface area contributed by atoms with Gasteiger partial charge in [0.05, 0.1) is 7.11 Å². The largest absolute Gasteiger partial charge is 0.467 e.